The van der Waals surface area contributed by atoms with Crippen molar-refractivity contribution in [2.75, 3.05) is 24.8 Å². The Morgan fingerprint density at radius 2 is 2.00 bits per heavy atom. The summed E-state index contributed by atoms with van der Waals surface area (Å²) in [6, 6.07) is 11.0. The van der Waals surface area contributed by atoms with Gasteiger partial charge in [0.05, 0.1) is 30.1 Å². The van der Waals surface area contributed by atoms with Crippen molar-refractivity contribution < 1.29 is 9.47 Å². The predicted octanol–water partition coefficient (Wildman–Crippen LogP) is 4.46. The highest BCUT2D eigenvalue weighted by Crippen LogP contribution is 2.32. The minimum Gasteiger partial charge on any atom is -0.497 e. The summed E-state index contributed by atoms with van der Waals surface area (Å²) in [6.45, 7) is 2.68. The lowest BCUT2D eigenvalue weighted by Crippen LogP contribution is -2.00. The Kier molecular flexibility index (Phi) is 5.17. The smallest absolute Gasteiger partial charge is 0.144 e. The third-order valence-electron chi connectivity index (χ3n) is 2.93. The molecule has 0 aromatic heterocycles. The second kappa shape index (κ2) is 7.09. The van der Waals surface area contributed by atoms with Gasteiger partial charge in [0.15, 0.2) is 0 Å². The first-order valence-electron chi connectivity index (χ1n) is 6.77. The van der Waals surface area contributed by atoms with E-state index in [1.54, 1.807) is 19.2 Å². The molecule has 0 saturated carbocycles. The maximum atomic E-state index is 6.18. The van der Waals surface area contributed by atoms with Crippen molar-refractivity contribution in [1.29, 1.82) is 0 Å². The summed E-state index contributed by atoms with van der Waals surface area (Å²) in [5, 5.41) is 3.86. The van der Waals surface area contributed by atoms with Crippen molar-refractivity contribution in [3.05, 3.63) is 41.4 Å². The Morgan fingerprint density at radius 3 is 2.71 bits per heavy atom. The number of methoxy groups -OCH3 is 1. The van der Waals surface area contributed by atoms with Crippen LogP contribution in [-0.4, -0.2) is 13.7 Å². The van der Waals surface area contributed by atoms with Crippen molar-refractivity contribution in [3.8, 4) is 11.5 Å². The molecule has 5 heteroatoms. The van der Waals surface area contributed by atoms with Crippen LogP contribution in [0.1, 0.15) is 13.3 Å². The van der Waals surface area contributed by atoms with E-state index < -0.39 is 0 Å². The summed E-state index contributed by atoms with van der Waals surface area (Å²) in [4.78, 5) is 0. The second-order valence-electron chi connectivity index (χ2n) is 4.57. The zero-order chi connectivity index (χ0) is 15.2. The number of halogens is 1. The average molecular weight is 307 g/mol. The molecule has 0 aliphatic carbocycles. The van der Waals surface area contributed by atoms with Crippen LogP contribution in [-0.2, 0) is 0 Å². The Morgan fingerprint density at radius 1 is 1.19 bits per heavy atom. The highest BCUT2D eigenvalue weighted by atomic mass is 35.5. The van der Waals surface area contributed by atoms with E-state index in [-0.39, 0.29) is 0 Å². The van der Waals surface area contributed by atoms with Gasteiger partial charge in [-0.15, -0.1) is 0 Å². The molecule has 0 heterocycles. The van der Waals surface area contributed by atoms with Crippen molar-refractivity contribution in [2.24, 2.45) is 0 Å². The third kappa shape index (κ3) is 3.95. The van der Waals surface area contributed by atoms with Gasteiger partial charge in [-0.25, -0.2) is 0 Å². The van der Waals surface area contributed by atoms with Gasteiger partial charge >= 0.3 is 0 Å². The first-order chi connectivity index (χ1) is 10.1. The molecule has 0 aliphatic heterocycles. The van der Waals surface area contributed by atoms with Gasteiger partial charge in [0, 0.05) is 17.8 Å². The molecule has 21 heavy (non-hydrogen) atoms. The Labute approximate surface area is 129 Å². The Hall–Kier alpha value is -2.07. The molecule has 2 aromatic carbocycles. The first kappa shape index (κ1) is 15.3. The van der Waals surface area contributed by atoms with Gasteiger partial charge < -0.3 is 20.5 Å². The van der Waals surface area contributed by atoms with E-state index in [1.165, 1.54) is 0 Å². The highest BCUT2D eigenvalue weighted by Gasteiger charge is 2.06. The summed E-state index contributed by atoms with van der Waals surface area (Å²) in [7, 11) is 1.62. The molecule has 0 saturated heterocycles. The largest absolute Gasteiger partial charge is 0.497 e. The van der Waals surface area contributed by atoms with Crippen LogP contribution in [0.4, 0.5) is 17.1 Å². The number of hydrogen-bond donors (Lipinski definition) is 2. The van der Waals surface area contributed by atoms with Crippen LogP contribution in [0.15, 0.2) is 36.4 Å². The lowest BCUT2D eigenvalue weighted by molar-refractivity contribution is 0.319. The number of rotatable bonds is 6. The molecule has 4 nitrogen and oxygen atoms in total. The average Bonchev–Trinajstić information content (AvgIpc) is 2.50. The molecule has 2 rings (SSSR count). The fourth-order valence-corrected chi connectivity index (χ4v) is 2.00. The summed E-state index contributed by atoms with van der Waals surface area (Å²) >= 11 is 6.18. The Balaban J connectivity index is 2.23. The summed E-state index contributed by atoms with van der Waals surface area (Å²) in [6.07, 6.45) is 0.929. The van der Waals surface area contributed by atoms with E-state index in [1.807, 2.05) is 31.2 Å². The number of benzene rings is 2. The van der Waals surface area contributed by atoms with E-state index in [0.717, 1.165) is 23.5 Å². The number of nitrogen functional groups attached to an aromatic ring is 1. The third-order valence-corrected chi connectivity index (χ3v) is 3.26. The van der Waals surface area contributed by atoms with Crippen LogP contribution < -0.4 is 20.5 Å². The van der Waals surface area contributed by atoms with E-state index in [4.69, 9.17) is 26.8 Å². The molecule has 0 bridgehead atoms. The van der Waals surface area contributed by atoms with Crippen LogP contribution in [0.5, 0.6) is 11.5 Å². The fourth-order valence-electron chi connectivity index (χ4n) is 1.83. The van der Waals surface area contributed by atoms with Gasteiger partial charge in [0.25, 0.3) is 0 Å². The molecule has 2 aromatic rings. The standard InChI is InChI=1S/C16H19ClN2O2/c1-3-8-21-16-9-11(4-7-14(16)18)19-15-10-12(20-2)5-6-13(15)17/h4-7,9-10,19H,3,8,18H2,1-2H3. The summed E-state index contributed by atoms with van der Waals surface area (Å²) in [5.74, 6) is 1.40. The van der Waals surface area contributed by atoms with Crippen LogP contribution in [0.3, 0.4) is 0 Å². The molecule has 0 radical (unpaired) electrons. The number of hydrogen-bond acceptors (Lipinski definition) is 4. The molecule has 0 atom stereocenters. The molecular weight excluding hydrogens is 288 g/mol. The molecule has 0 amide bonds. The van der Waals surface area contributed by atoms with E-state index in [9.17, 15) is 0 Å². The minimum atomic E-state index is 0.614. The zero-order valence-electron chi connectivity index (χ0n) is 12.2. The maximum absolute atomic E-state index is 6.18. The van der Waals surface area contributed by atoms with Crippen molar-refractivity contribution in [2.45, 2.75) is 13.3 Å². The zero-order valence-corrected chi connectivity index (χ0v) is 12.9. The molecule has 0 fully saturated rings. The van der Waals surface area contributed by atoms with Crippen molar-refractivity contribution in [1.82, 2.24) is 0 Å². The number of nitrogens with one attached hydrogen (secondary N) is 1. The molecular formula is C16H19ClN2O2. The number of nitrogens with two attached hydrogens (primary N) is 1. The lowest BCUT2D eigenvalue weighted by Gasteiger charge is -2.13. The van der Waals surface area contributed by atoms with Crippen molar-refractivity contribution in [3.63, 3.8) is 0 Å². The fraction of sp³-hybridized carbons (Fsp3) is 0.250. The summed E-state index contributed by atoms with van der Waals surface area (Å²) in [5.41, 5.74) is 8.13. The number of ether oxygens (including phenoxy) is 2. The van der Waals surface area contributed by atoms with Gasteiger partial charge in [-0.2, -0.15) is 0 Å². The van der Waals surface area contributed by atoms with Crippen LogP contribution in [0.2, 0.25) is 5.02 Å². The Bertz CT molecular complexity index is 617. The van der Waals surface area contributed by atoms with Gasteiger partial charge in [-0.3, -0.25) is 0 Å². The quantitative estimate of drug-likeness (QED) is 0.773. The predicted molar refractivity (Wildman–Crippen MR) is 87.9 cm³/mol. The van der Waals surface area contributed by atoms with Gasteiger partial charge in [0.2, 0.25) is 0 Å². The van der Waals surface area contributed by atoms with E-state index in [0.29, 0.717) is 23.1 Å². The normalized spacial score (nSPS) is 10.2. The molecule has 112 valence electrons. The first-order valence-corrected chi connectivity index (χ1v) is 7.14. The van der Waals surface area contributed by atoms with Gasteiger partial charge in [-0.05, 0) is 30.7 Å². The molecule has 0 unspecified atom stereocenters. The molecule has 0 spiro atoms. The van der Waals surface area contributed by atoms with E-state index >= 15 is 0 Å². The monoisotopic (exact) mass is 306 g/mol. The highest BCUT2D eigenvalue weighted by molar-refractivity contribution is 6.33. The van der Waals surface area contributed by atoms with Crippen LogP contribution in [0, 0.1) is 0 Å². The van der Waals surface area contributed by atoms with Gasteiger partial charge in [0.1, 0.15) is 11.5 Å². The van der Waals surface area contributed by atoms with Crippen LogP contribution in [0.25, 0.3) is 0 Å². The number of anilines is 3. The van der Waals surface area contributed by atoms with Crippen LogP contribution >= 0.6 is 11.6 Å². The minimum absolute atomic E-state index is 0.614. The molecule has 0 aliphatic rings. The lowest BCUT2D eigenvalue weighted by atomic mass is 10.2. The van der Waals surface area contributed by atoms with Gasteiger partial charge in [-0.1, -0.05) is 18.5 Å². The SMILES string of the molecule is CCCOc1cc(Nc2cc(OC)ccc2Cl)ccc1N. The second-order valence-corrected chi connectivity index (χ2v) is 4.98. The molecule has 3 N–H and O–H groups in total. The maximum Gasteiger partial charge on any atom is 0.144 e. The topological polar surface area (TPSA) is 56.5 Å². The van der Waals surface area contributed by atoms with Crippen molar-refractivity contribution >= 4 is 28.7 Å². The summed E-state index contributed by atoms with van der Waals surface area (Å²) < 4.78 is 10.8. The van der Waals surface area contributed by atoms with E-state index in [2.05, 4.69) is 5.32 Å².